The van der Waals surface area contributed by atoms with Crippen LogP contribution in [0.25, 0.3) is 0 Å². The zero-order valence-corrected chi connectivity index (χ0v) is 5.60. The van der Waals surface area contributed by atoms with Crippen molar-refractivity contribution >= 4 is 19.0 Å². The molecule has 0 unspecified atom stereocenters. The first-order chi connectivity index (χ1) is 4.84. The van der Waals surface area contributed by atoms with Crippen LogP contribution < -0.4 is 0 Å². The Hall–Kier alpha value is -1.52. The molecule has 5 heteroatoms. The molecule has 0 aliphatic carbocycles. The molecular formula is C5H7N5. The number of hydrogen-bond donors (Lipinski definition) is 0. The molecule has 0 fully saturated rings. The van der Waals surface area contributed by atoms with Crippen LogP contribution >= 0.6 is 0 Å². The maximum atomic E-state index is 3.82. The molecule has 1 rings (SSSR count). The van der Waals surface area contributed by atoms with Crippen LogP contribution in [0.1, 0.15) is 0 Å². The van der Waals surface area contributed by atoms with Gasteiger partial charge < -0.3 is 0 Å². The smallest absolute Gasteiger partial charge is 0.248 e. The van der Waals surface area contributed by atoms with Gasteiger partial charge in [-0.15, -0.1) is 0 Å². The van der Waals surface area contributed by atoms with Crippen molar-refractivity contribution < 1.29 is 0 Å². The molecule has 0 amide bonds. The molecule has 0 bridgehead atoms. The van der Waals surface area contributed by atoms with Crippen molar-refractivity contribution in [3.05, 3.63) is 6.33 Å². The molecule has 0 saturated carbocycles. The quantitative estimate of drug-likeness (QED) is 0.431. The van der Waals surface area contributed by atoms with Crippen LogP contribution in [0.5, 0.6) is 0 Å². The van der Waals surface area contributed by atoms with Gasteiger partial charge in [-0.25, -0.2) is 4.68 Å². The van der Waals surface area contributed by atoms with E-state index in [4.69, 9.17) is 0 Å². The average molecular weight is 137 g/mol. The van der Waals surface area contributed by atoms with E-state index < -0.39 is 0 Å². The number of aliphatic imine (C=N–C) groups is 2. The van der Waals surface area contributed by atoms with E-state index >= 15 is 0 Å². The van der Waals surface area contributed by atoms with Crippen molar-refractivity contribution in [3.8, 4) is 0 Å². The SMILES string of the molecule is C=NC=Nc1ncnn1C. The predicted molar refractivity (Wildman–Crippen MR) is 38.7 cm³/mol. The third-order valence-electron chi connectivity index (χ3n) is 0.942. The highest BCUT2D eigenvalue weighted by atomic mass is 15.4. The van der Waals surface area contributed by atoms with E-state index in [9.17, 15) is 0 Å². The first-order valence-electron chi connectivity index (χ1n) is 2.67. The van der Waals surface area contributed by atoms with Crippen LogP contribution in [-0.2, 0) is 7.05 Å². The van der Waals surface area contributed by atoms with Crippen molar-refractivity contribution in [2.24, 2.45) is 17.0 Å². The summed E-state index contributed by atoms with van der Waals surface area (Å²) in [6.07, 6.45) is 2.75. The van der Waals surface area contributed by atoms with Gasteiger partial charge in [0.05, 0.1) is 0 Å². The fraction of sp³-hybridized carbons (Fsp3) is 0.200. The van der Waals surface area contributed by atoms with Crippen LogP contribution in [0.4, 0.5) is 5.95 Å². The highest BCUT2D eigenvalue weighted by molar-refractivity contribution is 5.64. The summed E-state index contributed by atoms with van der Waals surface area (Å²) >= 11 is 0. The lowest BCUT2D eigenvalue weighted by molar-refractivity contribution is 0.769. The maximum absolute atomic E-state index is 3.82. The minimum atomic E-state index is 0.521. The van der Waals surface area contributed by atoms with Gasteiger partial charge in [-0.3, -0.25) is 4.99 Å². The zero-order valence-electron chi connectivity index (χ0n) is 5.60. The van der Waals surface area contributed by atoms with E-state index in [1.807, 2.05) is 0 Å². The van der Waals surface area contributed by atoms with Gasteiger partial charge in [0.1, 0.15) is 12.7 Å². The van der Waals surface area contributed by atoms with Gasteiger partial charge >= 0.3 is 0 Å². The number of aryl methyl sites for hydroxylation is 1. The summed E-state index contributed by atoms with van der Waals surface area (Å²) in [6.45, 7) is 3.23. The Kier molecular flexibility index (Phi) is 1.89. The van der Waals surface area contributed by atoms with Gasteiger partial charge in [-0.1, -0.05) is 0 Å². The molecule has 0 aliphatic rings. The molecule has 0 atom stereocenters. The lowest BCUT2D eigenvalue weighted by Crippen LogP contribution is -1.88. The summed E-state index contributed by atoms with van der Waals surface area (Å²) in [7, 11) is 1.75. The Bertz CT molecular complexity index is 248. The van der Waals surface area contributed by atoms with Gasteiger partial charge in [-0.2, -0.15) is 15.1 Å². The normalized spacial score (nSPS) is 10.5. The molecule has 1 heterocycles. The second-order valence-corrected chi connectivity index (χ2v) is 1.61. The predicted octanol–water partition coefficient (Wildman–Crippen LogP) is 0.175. The van der Waals surface area contributed by atoms with Crippen molar-refractivity contribution in [3.63, 3.8) is 0 Å². The minimum Gasteiger partial charge on any atom is -0.253 e. The van der Waals surface area contributed by atoms with Gasteiger partial charge in [0, 0.05) is 7.05 Å². The molecule has 0 saturated heterocycles. The number of rotatable bonds is 2. The Morgan fingerprint density at radius 1 is 1.80 bits per heavy atom. The van der Waals surface area contributed by atoms with Gasteiger partial charge in [0.15, 0.2) is 0 Å². The molecular weight excluding hydrogens is 130 g/mol. The van der Waals surface area contributed by atoms with E-state index in [0.29, 0.717) is 5.95 Å². The third kappa shape index (κ3) is 1.25. The second kappa shape index (κ2) is 2.86. The molecule has 0 radical (unpaired) electrons. The van der Waals surface area contributed by atoms with Gasteiger partial charge in [0.25, 0.3) is 0 Å². The number of aromatic nitrogens is 3. The molecule has 1 aromatic heterocycles. The van der Waals surface area contributed by atoms with Crippen molar-refractivity contribution in [2.75, 3.05) is 0 Å². The van der Waals surface area contributed by atoms with Crippen LogP contribution in [0, 0.1) is 0 Å². The monoisotopic (exact) mass is 137 g/mol. The van der Waals surface area contributed by atoms with E-state index in [0.717, 1.165) is 0 Å². The largest absolute Gasteiger partial charge is 0.253 e. The third-order valence-corrected chi connectivity index (χ3v) is 0.942. The molecule has 0 N–H and O–H groups in total. The van der Waals surface area contributed by atoms with Crippen molar-refractivity contribution in [1.82, 2.24) is 14.8 Å². The second-order valence-electron chi connectivity index (χ2n) is 1.61. The first-order valence-corrected chi connectivity index (χ1v) is 2.67. The van der Waals surface area contributed by atoms with E-state index in [1.165, 1.54) is 12.7 Å². The molecule has 0 aromatic carbocycles. The molecule has 5 nitrogen and oxygen atoms in total. The number of nitrogens with zero attached hydrogens (tertiary/aromatic N) is 5. The summed E-state index contributed by atoms with van der Waals surface area (Å²) in [5.41, 5.74) is 0. The Labute approximate surface area is 58.1 Å². The van der Waals surface area contributed by atoms with E-state index in [-0.39, 0.29) is 0 Å². The van der Waals surface area contributed by atoms with E-state index in [1.54, 1.807) is 11.7 Å². The topological polar surface area (TPSA) is 55.4 Å². The van der Waals surface area contributed by atoms with Crippen molar-refractivity contribution in [2.45, 2.75) is 0 Å². The average Bonchev–Trinajstić information content (AvgIpc) is 2.31. The van der Waals surface area contributed by atoms with Crippen LogP contribution in [0.15, 0.2) is 16.3 Å². The van der Waals surface area contributed by atoms with Crippen molar-refractivity contribution in [1.29, 1.82) is 0 Å². The molecule has 0 aliphatic heterocycles. The summed E-state index contributed by atoms with van der Waals surface area (Å²) in [6, 6.07) is 0. The van der Waals surface area contributed by atoms with Crippen LogP contribution in [0.2, 0.25) is 0 Å². The summed E-state index contributed by atoms with van der Waals surface area (Å²) in [4.78, 5) is 11.1. The lowest BCUT2D eigenvalue weighted by atomic mass is 11.0. The molecule has 0 spiro atoms. The van der Waals surface area contributed by atoms with E-state index in [2.05, 4.69) is 26.8 Å². The highest BCUT2D eigenvalue weighted by Crippen LogP contribution is 2.00. The summed E-state index contributed by atoms with van der Waals surface area (Å²) < 4.78 is 1.54. The molecule has 52 valence electrons. The Morgan fingerprint density at radius 3 is 3.10 bits per heavy atom. The minimum absolute atomic E-state index is 0.521. The fourth-order valence-electron chi connectivity index (χ4n) is 0.499. The lowest BCUT2D eigenvalue weighted by Gasteiger charge is -1.87. The molecule has 1 aromatic rings. The summed E-state index contributed by atoms with van der Waals surface area (Å²) in [5, 5.41) is 3.80. The zero-order chi connectivity index (χ0) is 7.40. The van der Waals surface area contributed by atoms with Crippen LogP contribution in [0.3, 0.4) is 0 Å². The highest BCUT2D eigenvalue weighted by Gasteiger charge is 1.92. The van der Waals surface area contributed by atoms with Gasteiger partial charge in [0.2, 0.25) is 5.95 Å². The standard InChI is InChI=1S/C5H7N5/c1-6-3-7-5-8-4-9-10(5)2/h3-4H,1H2,2H3. The maximum Gasteiger partial charge on any atom is 0.248 e. The first kappa shape index (κ1) is 6.60. The fourth-order valence-corrected chi connectivity index (χ4v) is 0.499. The Morgan fingerprint density at radius 2 is 2.60 bits per heavy atom. The molecule has 10 heavy (non-hydrogen) atoms. The number of hydrogen-bond acceptors (Lipinski definition) is 3. The van der Waals surface area contributed by atoms with Crippen LogP contribution in [-0.4, -0.2) is 27.8 Å². The summed E-state index contributed by atoms with van der Waals surface area (Å²) in [5.74, 6) is 0.521. The Balaban J connectivity index is 2.83. The van der Waals surface area contributed by atoms with Gasteiger partial charge in [-0.05, 0) is 6.72 Å².